The van der Waals surface area contributed by atoms with Gasteiger partial charge in [-0.1, -0.05) is 11.8 Å². The summed E-state index contributed by atoms with van der Waals surface area (Å²) in [6.07, 6.45) is -0.157. The van der Waals surface area contributed by atoms with Gasteiger partial charge < -0.3 is 15.5 Å². The Labute approximate surface area is 153 Å². The average Bonchev–Trinajstić information content (AvgIpc) is 3.17. The van der Waals surface area contributed by atoms with Gasteiger partial charge in [-0.3, -0.25) is 14.8 Å². The van der Waals surface area contributed by atoms with E-state index in [1.165, 1.54) is 30.1 Å². The molecule has 0 saturated heterocycles. The highest BCUT2D eigenvalue weighted by Gasteiger charge is 2.44. The molecule has 2 aromatic rings. The second-order valence-electron chi connectivity index (χ2n) is 5.89. The van der Waals surface area contributed by atoms with Gasteiger partial charge in [-0.15, -0.1) is 0 Å². The lowest BCUT2D eigenvalue weighted by molar-refractivity contribution is -0.134. The molecule has 2 rings (SSSR count). The van der Waals surface area contributed by atoms with Crippen LogP contribution in [0.15, 0.2) is 47.3 Å². The molecule has 27 heavy (non-hydrogen) atoms. The monoisotopic (exact) mass is 377 g/mol. The van der Waals surface area contributed by atoms with Crippen molar-refractivity contribution in [2.24, 2.45) is 5.73 Å². The highest BCUT2D eigenvalue weighted by atomic mass is 19.3. The van der Waals surface area contributed by atoms with Crippen molar-refractivity contribution in [3.8, 4) is 11.8 Å². The number of rotatable bonds is 5. The van der Waals surface area contributed by atoms with E-state index in [0.717, 1.165) is 6.92 Å². The fraction of sp³-hybridized carbons (Fsp3) is 0.222. The molecular formula is C18H17F2N3O4. The SMILES string of the molecule is CC(N)(C(F)F)[C@H](NC(=O)c1ccc(C#Cc2ccoc2)cc1)C(=O)NO. The van der Waals surface area contributed by atoms with Crippen molar-refractivity contribution >= 4 is 11.8 Å². The van der Waals surface area contributed by atoms with E-state index < -0.39 is 29.8 Å². The summed E-state index contributed by atoms with van der Waals surface area (Å²) in [5.74, 6) is 3.65. The summed E-state index contributed by atoms with van der Waals surface area (Å²) < 4.78 is 31.1. The molecule has 0 saturated carbocycles. The van der Waals surface area contributed by atoms with Gasteiger partial charge in [0.2, 0.25) is 0 Å². The fourth-order valence-electron chi connectivity index (χ4n) is 2.09. The first-order valence-electron chi connectivity index (χ1n) is 7.72. The van der Waals surface area contributed by atoms with Crippen molar-refractivity contribution in [1.82, 2.24) is 10.8 Å². The van der Waals surface area contributed by atoms with Crippen molar-refractivity contribution in [2.75, 3.05) is 0 Å². The van der Waals surface area contributed by atoms with Crippen LogP contribution >= 0.6 is 0 Å². The number of nitrogens with one attached hydrogen (secondary N) is 2. The molecule has 0 fully saturated rings. The van der Waals surface area contributed by atoms with Gasteiger partial charge in [0, 0.05) is 11.1 Å². The Morgan fingerprint density at radius 2 is 1.81 bits per heavy atom. The molecule has 2 amide bonds. The van der Waals surface area contributed by atoms with E-state index in [-0.39, 0.29) is 5.56 Å². The Balaban J connectivity index is 2.15. The van der Waals surface area contributed by atoms with Gasteiger partial charge in [0.25, 0.3) is 18.2 Å². The number of alkyl halides is 2. The number of nitrogens with two attached hydrogens (primary N) is 1. The third-order valence-corrected chi connectivity index (χ3v) is 3.76. The highest BCUT2D eigenvalue weighted by molar-refractivity contribution is 5.98. The zero-order chi connectivity index (χ0) is 20.0. The van der Waals surface area contributed by atoms with Gasteiger partial charge in [-0.2, -0.15) is 0 Å². The second kappa shape index (κ2) is 8.44. The lowest BCUT2D eigenvalue weighted by Crippen LogP contribution is -2.66. The number of halogens is 2. The minimum absolute atomic E-state index is 0.102. The molecular weight excluding hydrogens is 360 g/mol. The van der Waals surface area contributed by atoms with E-state index >= 15 is 0 Å². The maximum atomic E-state index is 13.1. The molecule has 0 aliphatic carbocycles. The van der Waals surface area contributed by atoms with Crippen LogP contribution in [-0.4, -0.2) is 35.0 Å². The third kappa shape index (κ3) is 4.91. The summed E-state index contributed by atoms with van der Waals surface area (Å²) >= 11 is 0. The average molecular weight is 377 g/mol. The molecule has 1 aromatic carbocycles. The van der Waals surface area contributed by atoms with Crippen LogP contribution in [0.25, 0.3) is 0 Å². The molecule has 0 radical (unpaired) electrons. The molecule has 1 aromatic heterocycles. The lowest BCUT2D eigenvalue weighted by Gasteiger charge is -2.32. The lowest BCUT2D eigenvalue weighted by atomic mass is 9.92. The van der Waals surface area contributed by atoms with Crippen LogP contribution in [0.5, 0.6) is 0 Å². The van der Waals surface area contributed by atoms with Gasteiger partial charge in [-0.05, 0) is 37.3 Å². The van der Waals surface area contributed by atoms with Crippen LogP contribution in [0.3, 0.4) is 0 Å². The van der Waals surface area contributed by atoms with Crippen molar-refractivity contribution in [3.05, 3.63) is 59.5 Å². The maximum absolute atomic E-state index is 13.1. The number of amides is 2. The minimum atomic E-state index is -3.12. The highest BCUT2D eigenvalue weighted by Crippen LogP contribution is 2.18. The summed E-state index contributed by atoms with van der Waals surface area (Å²) in [5, 5.41) is 10.8. The van der Waals surface area contributed by atoms with Gasteiger partial charge in [0.1, 0.15) is 17.8 Å². The second-order valence-corrected chi connectivity index (χ2v) is 5.89. The molecule has 1 heterocycles. The Morgan fingerprint density at radius 3 is 2.33 bits per heavy atom. The zero-order valence-corrected chi connectivity index (χ0v) is 14.2. The molecule has 0 spiro atoms. The van der Waals surface area contributed by atoms with E-state index in [1.54, 1.807) is 18.2 Å². The molecule has 9 heteroatoms. The normalized spacial score (nSPS) is 13.9. The first-order valence-corrected chi connectivity index (χ1v) is 7.72. The van der Waals surface area contributed by atoms with Crippen LogP contribution in [0.1, 0.15) is 28.4 Å². The largest absolute Gasteiger partial charge is 0.471 e. The molecule has 0 aliphatic heterocycles. The molecule has 0 aliphatic rings. The van der Waals surface area contributed by atoms with Crippen molar-refractivity contribution < 1.29 is 28.0 Å². The van der Waals surface area contributed by atoms with E-state index in [2.05, 4.69) is 17.2 Å². The number of carbonyl (C=O) groups excluding carboxylic acids is 2. The van der Waals surface area contributed by atoms with Crippen LogP contribution in [0.2, 0.25) is 0 Å². The Bertz CT molecular complexity index is 853. The molecule has 0 bridgehead atoms. The van der Waals surface area contributed by atoms with E-state index in [4.69, 9.17) is 15.4 Å². The first kappa shape index (κ1) is 20.1. The molecule has 1 unspecified atom stereocenters. The van der Waals surface area contributed by atoms with Gasteiger partial charge in [0.05, 0.1) is 11.8 Å². The number of furan rings is 1. The smallest absolute Gasteiger partial charge is 0.268 e. The quantitative estimate of drug-likeness (QED) is 0.356. The summed E-state index contributed by atoms with van der Waals surface area (Å²) in [6.45, 7) is 0.895. The Morgan fingerprint density at radius 1 is 1.19 bits per heavy atom. The zero-order valence-electron chi connectivity index (χ0n) is 14.2. The van der Waals surface area contributed by atoms with E-state index in [1.807, 2.05) is 0 Å². The summed E-state index contributed by atoms with van der Waals surface area (Å²) in [7, 11) is 0. The number of hydrogen-bond donors (Lipinski definition) is 4. The van der Waals surface area contributed by atoms with E-state index in [9.17, 15) is 18.4 Å². The van der Waals surface area contributed by atoms with Crippen molar-refractivity contribution in [3.63, 3.8) is 0 Å². The minimum Gasteiger partial charge on any atom is -0.471 e. The number of carbonyl (C=O) groups is 2. The Kier molecular flexibility index (Phi) is 6.28. The number of benzene rings is 1. The van der Waals surface area contributed by atoms with Gasteiger partial charge >= 0.3 is 0 Å². The predicted octanol–water partition coefficient (Wildman–Crippen LogP) is 1.27. The van der Waals surface area contributed by atoms with E-state index in [0.29, 0.717) is 11.1 Å². The summed E-state index contributed by atoms with van der Waals surface area (Å²) in [5.41, 5.74) is 5.68. The maximum Gasteiger partial charge on any atom is 0.268 e. The van der Waals surface area contributed by atoms with Gasteiger partial charge in [0.15, 0.2) is 0 Å². The standard InChI is InChI=1S/C18H17F2N3O4/c1-18(21,17(19)20)14(16(25)23-26)22-15(24)13-6-4-11(5-7-13)2-3-12-8-9-27-10-12/h4-10,14,17,26H,21H2,1H3,(H,22,24)(H,23,25)/t14-,18?/m1/s1. The molecule has 142 valence electrons. The molecule has 5 N–H and O–H groups in total. The van der Waals surface area contributed by atoms with Crippen molar-refractivity contribution in [2.45, 2.75) is 24.9 Å². The number of hydrogen-bond acceptors (Lipinski definition) is 5. The third-order valence-electron chi connectivity index (χ3n) is 3.76. The summed E-state index contributed by atoms with van der Waals surface area (Å²) in [4.78, 5) is 23.9. The van der Waals surface area contributed by atoms with Crippen molar-refractivity contribution in [1.29, 1.82) is 0 Å². The molecule has 2 atom stereocenters. The van der Waals surface area contributed by atoms with Crippen LogP contribution in [-0.2, 0) is 4.79 Å². The predicted molar refractivity (Wildman–Crippen MR) is 90.9 cm³/mol. The fourth-order valence-corrected chi connectivity index (χ4v) is 2.09. The number of hydroxylamine groups is 1. The molecule has 7 nitrogen and oxygen atoms in total. The van der Waals surface area contributed by atoms with Crippen LogP contribution in [0, 0.1) is 11.8 Å². The van der Waals surface area contributed by atoms with Crippen LogP contribution in [0.4, 0.5) is 8.78 Å². The first-order chi connectivity index (χ1) is 12.8. The topological polar surface area (TPSA) is 118 Å². The van der Waals surface area contributed by atoms with Crippen LogP contribution < -0.4 is 16.5 Å². The van der Waals surface area contributed by atoms with Gasteiger partial charge in [-0.25, -0.2) is 14.3 Å². The Hall–Kier alpha value is -3.22. The summed E-state index contributed by atoms with van der Waals surface area (Å²) in [6, 6.07) is 5.78.